The van der Waals surface area contributed by atoms with Gasteiger partial charge in [0.05, 0.1) is 0 Å². The van der Waals surface area contributed by atoms with Crippen LogP contribution >= 0.6 is 15.9 Å². The van der Waals surface area contributed by atoms with Crippen molar-refractivity contribution in [1.82, 2.24) is 4.90 Å². The molecule has 5 nitrogen and oxygen atoms in total. The average molecular weight is 556 g/mol. The normalized spacial score (nSPS) is 15.8. The third-order valence-electron chi connectivity index (χ3n) is 6.49. The molecule has 2 amide bonds. The van der Waals surface area contributed by atoms with Crippen LogP contribution in [0, 0.1) is 0 Å². The first kappa shape index (κ1) is 24.8. The molecule has 1 heterocycles. The van der Waals surface area contributed by atoms with E-state index in [4.69, 9.17) is 9.47 Å². The van der Waals surface area contributed by atoms with Crippen molar-refractivity contribution >= 4 is 27.9 Å². The number of ether oxygens (including phenoxy) is 2. The zero-order chi connectivity index (χ0) is 25.6. The molecular weight excluding hydrogens is 530 g/mol. The van der Waals surface area contributed by atoms with Crippen LogP contribution in [0.3, 0.4) is 0 Å². The monoisotopic (exact) mass is 555 g/mol. The number of cyclic esters (lactones) is 1. The molecule has 1 unspecified atom stereocenters. The molecule has 37 heavy (non-hydrogen) atoms. The Morgan fingerprint density at radius 1 is 0.919 bits per heavy atom. The van der Waals surface area contributed by atoms with E-state index in [0.717, 1.165) is 26.7 Å². The quantitative estimate of drug-likeness (QED) is 0.229. The molecule has 0 bridgehead atoms. The van der Waals surface area contributed by atoms with Gasteiger partial charge < -0.3 is 9.47 Å². The largest absolute Gasteiger partial charge is 0.489 e. The first-order chi connectivity index (χ1) is 18.1. The number of hydrogen-bond acceptors (Lipinski definition) is 4. The molecule has 6 heteroatoms. The van der Waals surface area contributed by atoms with Crippen LogP contribution in [0.5, 0.6) is 5.75 Å². The summed E-state index contributed by atoms with van der Waals surface area (Å²) in [5, 5.41) is 0. The minimum Gasteiger partial charge on any atom is -0.489 e. The molecular formula is C31H26BrNO4. The molecule has 1 aliphatic heterocycles. The van der Waals surface area contributed by atoms with Crippen LogP contribution in [-0.2, 0) is 16.1 Å². The van der Waals surface area contributed by atoms with Crippen LogP contribution in [0.2, 0.25) is 0 Å². The van der Waals surface area contributed by atoms with Gasteiger partial charge in [-0.1, -0.05) is 107 Å². The van der Waals surface area contributed by atoms with Gasteiger partial charge in [0, 0.05) is 22.4 Å². The second-order valence-electron chi connectivity index (χ2n) is 8.89. The Labute approximate surface area is 224 Å². The van der Waals surface area contributed by atoms with Gasteiger partial charge in [-0.15, -0.1) is 0 Å². The van der Waals surface area contributed by atoms with E-state index in [2.05, 4.69) is 15.9 Å². The molecule has 1 aliphatic rings. The van der Waals surface area contributed by atoms with Crippen LogP contribution in [0.25, 0.3) is 0 Å². The molecule has 0 radical (unpaired) electrons. The molecule has 0 aromatic heterocycles. The fourth-order valence-electron chi connectivity index (χ4n) is 4.64. The van der Waals surface area contributed by atoms with E-state index >= 15 is 0 Å². The van der Waals surface area contributed by atoms with Crippen molar-refractivity contribution in [2.75, 3.05) is 6.61 Å². The maximum Gasteiger partial charge on any atom is 0.417 e. The van der Waals surface area contributed by atoms with E-state index in [9.17, 15) is 9.59 Å². The van der Waals surface area contributed by atoms with Crippen molar-refractivity contribution < 1.29 is 19.1 Å². The molecule has 5 rings (SSSR count). The Hall–Kier alpha value is -3.90. The van der Waals surface area contributed by atoms with Crippen LogP contribution in [0.1, 0.15) is 40.6 Å². The number of benzene rings is 4. The Kier molecular flexibility index (Phi) is 7.66. The highest BCUT2D eigenvalue weighted by Gasteiger charge is 2.40. The molecule has 4 aromatic rings. The van der Waals surface area contributed by atoms with E-state index in [-0.39, 0.29) is 24.9 Å². The summed E-state index contributed by atoms with van der Waals surface area (Å²) in [7, 11) is 0. The van der Waals surface area contributed by atoms with Crippen molar-refractivity contribution in [2.24, 2.45) is 0 Å². The molecule has 0 spiro atoms. The number of carbonyl (C=O) groups is 2. The van der Waals surface area contributed by atoms with Crippen molar-refractivity contribution in [3.05, 3.63) is 136 Å². The Bertz CT molecular complexity index is 1360. The summed E-state index contributed by atoms with van der Waals surface area (Å²) in [6, 6.07) is 34.7. The fraction of sp³-hybridized carbons (Fsp3) is 0.161. The first-order valence-corrected chi connectivity index (χ1v) is 12.9. The van der Waals surface area contributed by atoms with Crippen molar-refractivity contribution in [3.63, 3.8) is 0 Å². The van der Waals surface area contributed by atoms with Gasteiger partial charge in [-0.05, 0) is 34.9 Å². The summed E-state index contributed by atoms with van der Waals surface area (Å²) in [4.78, 5) is 27.7. The van der Waals surface area contributed by atoms with Gasteiger partial charge in [0.1, 0.15) is 25.0 Å². The lowest BCUT2D eigenvalue weighted by Crippen LogP contribution is -2.35. The van der Waals surface area contributed by atoms with E-state index in [1.807, 2.05) is 109 Å². The standard InChI is InChI=1S/C31H26BrNO4/c32-25-16-17-29(36-20-22-10-4-1-5-11-22)27(18-25)26(23-12-6-2-7-13-23)19-30(34)33-28(21-37-31(33)35)24-14-8-3-9-15-24/h1-18,26,28H,19-21H2/t26?,28-/m0/s1. The van der Waals surface area contributed by atoms with Gasteiger partial charge in [0.2, 0.25) is 5.91 Å². The Morgan fingerprint density at radius 2 is 1.57 bits per heavy atom. The topological polar surface area (TPSA) is 55.8 Å². The van der Waals surface area contributed by atoms with E-state index in [1.165, 1.54) is 4.90 Å². The molecule has 0 aliphatic carbocycles. The zero-order valence-corrected chi connectivity index (χ0v) is 21.7. The fourth-order valence-corrected chi connectivity index (χ4v) is 5.02. The first-order valence-electron chi connectivity index (χ1n) is 12.1. The third kappa shape index (κ3) is 5.75. The Balaban J connectivity index is 1.47. The minimum atomic E-state index is -0.611. The van der Waals surface area contributed by atoms with Gasteiger partial charge in [0.15, 0.2) is 0 Å². The number of amides is 2. The van der Waals surface area contributed by atoms with Crippen LogP contribution in [0.4, 0.5) is 4.79 Å². The molecule has 186 valence electrons. The summed E-state index contributed by atoms with van der Waals surface area (Å²) >= 11 is 3.59. The predicted molar refractivity (Wildman–Crippen MR) is 145 cm³/mol. The van der Waals surface area contributed by atoms with Crippen LogP contribution in [0.15, 0.2) is 114 Å². The number of imide groups is 1. The van der Waals surface area contributed by atoms with Crippen molar-refractivity contribution in [2.45, 2.75) is 25.0 Å². The van der Waals surface area contributed by atoms with E-state index in [1.54, 1.807) is 0 Å². The van der Waals surface area contributed by atoms with Gasteiger partial charge >= 0.3 is 6.09 Å². The van der Waals surface area contributed by atoms with Gasteiger partial charge in [0.25, 0.3) is 0 Å². The number of rotatable bonds is 8. The second-order valence-corrected chi connectivity index (χ2v) is 9.81. The van der Waals surface area contributed by atoms with E-state index in [0.29, 0.717) is 12.4 Å². The number of hydrogen-bond donors (Lipinski definition) is 0. The minimum absolute atomic E-state index is 0.0839. The lowest BCUT2D eigenvalue weighted by molar-refractivity contribution is -0.129. The SMILES string of the molecule is O=C(CC(c1ccccc1)c1cc(Br)ccc1OCc1ccccc1)N1C(=O)OC[C@H]1c1ccccc1. The number of carbonyl (C=O) groups excluding carboxylic acids is 2. The van der Waals surface area contributed by atoms with Crippen LogP contribution in [-0.4, -0.2) is 23.5 Å². The highest BCUT2D eigenvalue weighted by Crippen LogP contribution is 2.38. The summed E-state index contributed by atoms with van der Waals surface area (Å²) < 4.78 is 12.5. The third-order valence-corrected chi connectivity index (χ3v) is 6.98. The summed E-state index contributed by atoms with van der Waals surface area (Å²) in [5.74, 6) is 0.0679. The molecule has 4 aromatic carbocycles. The molecule has 0 saturated carbocycles. The summed E-state index contributed by atoms with van der Waals surface area (Å²) in [5.41, 5.74) is 3.75. The number of halogens is 1. The van der Waals surface area contributed by atoms with Crippen molar-refractivity contribution in [1.29, 1.82) is 0 Å². The molecule has 0 N–H and O–H groups in total. The van der Waals surface area contributed by atoms with Crippen molar-refractivity contribution in [3.8, 4) is 5.75 Å². The molecule has 1 fully saturated rings. The van der Waals surface area contributed by atoms with Gasteiger partial charge in [-0.2, -0.15) is 0 Å². The van der Waals surface area contributed by atoms with Gasteiger partial charge in [-0.3, -0.25) is 4.79 Å². The lowest BCUT2D eigenvalue weighted by Gasteiger charge is -2.25. The maximum atomic E-state index is 13.7. The van der Waals surface area contributed by atoms with E-state index < -0.39 is 12.1 Å². The smallest absolute Gasteiger partial charge is 0.417 e. The maximum absolute atomic E-state index is 13.7. The molecule has 2 atom stereocenters. The lowest BCUT2D eigenvalue weighted by atomic mass is 9.87. The zero-order valence-electron chi connectivity index (χ0n) is 20.1. The highest BCUT2D eigenvalue weighted by atomic mass is 79.9. The van der Waals surface area contributed by atoms with Crippen LogP contribution < -0.4 is 4.74 Å². The average Bonchev–Trinajstić information content (AvgIpc) is 3.34. The highest BCUT2D eigenvalue weighted by molar-refractivity contribution is 9.10. The van der Waals surface area contributed by atoms with Gasteiger partial charge in [-0.25, -0.2) is 9.69 Å². The molecule has 1 saturated heterocycles. The Morgan fingerprint density at radius 3 is 2.27 bits per heavy atom. The second kappa shape index (κ2) is 11.4. The number of nitrogens with zero attached hydrogens (tertiary/aromatic N) is 1. The summed E-state index contributed by atoms with van der Waals surface area (Å²) in [6.45, 7) is 0.548. The predicted octanol–water partition coefficient (Wildman–Crippen LogP) is 7.27. The summed E-state index contributed by atoms with van der Waals surface area (Å²) in [6.07, 6.45) is -0.527.